The second-order valence-corrected chi connectivity index (χ2v) is 12.1. The van der Waals surface area contributed by atoms with Crippen LogP contribution >= 0.6 is 11.8 Å². The summed E-state index contributed by atoms with van der Waals surface area (Å²) in [6.07, 6.45) is -0.184. The Labute approximate surface area is 220 Å². The molecule has 0 bridgehead atoms. The summed E-state index contributed by atoms with van der Waals surface area (Å²) in [5.41, 5.74) is 1.85. The number of hydrogen-bond acceptors (Lipinski definition) is 9. The molecule has 6 atom stereocenters. The Balaban J connectivity index is 1.43. The molecule has 3 aromatic rings. The van der Waals surface area contributed by atoms with Crippen LogP contribution in [-0.4, -0.2) is 70.6 Å². The van der Waals surface area contributed by atoms with Crippen LogP contribution in [-0.2, 0) is 4.79 Å². The van der Waals surface area contributed by atoms with Crippen molar-refractivity contribution in [1.82, 2.24) is 30.3 Å². The van der Waals surface area contributed by atoms with Gasteiger partial charge in [0.1, 0.15) is 6.10 Å². The molecule has 2 fully saturated rings. The summed E-state index contributed by atoms with van der Waals surface area (Å²) in [4.78, 5) is 22.3. The van der Waals surface area contributed by atoms with Gasteiger partial charge in [0.05, 0.1) is 18.1 Å². The van der Waals surface area contributed by atoms with Gasteiger partial charge in [-0.05, 0) is 45.6 Å². The molecular formula is C26H35N7O3S. The van der Waals surface area contributed by atoms with Gasteiger partial charge in [-0.15, -0.1) is 5.10 Å². The molecule has 2 heterocycles. The summed E-state index contributed by atoms with van der Waals surface area (Å²) in [5.74, 6) is 0.838. The third kappa shape index (κ3) is 5.44. The molecule has 4 N–H and O–H groups in total. The number of rotatable bonds is 8. The minimum Gasteiger partial charge on any atom is -0.390 e. The molecule has 198 valence electrons. The largest absolute Gasteiger partial charge is 0.390 e. The average Bonchev–Trinajstić information content (AvgIpc) is 3.39. The smallest absolute Gasteiger partial charge is 0.226 e. The fraction of sp³-hybridized carbons (Fsp3) is 0.577. The molecule has 0 spiro atoms. The summed E-state index contributed by atoms with van der Waals surface area (Å²) in [6.45, 7) is 7.75. The molecule has 2 aromatic heterocycles. The molecule has 1 aromatic carbocycles. The first-order valence-corrected chi connectivity index (χ1v) is 13.9. The number of hydrogen-bond donors (Lipinski definition) is 4. The molecule has 0 radical (unpaired) electrons. The fourth-order valence-corrected chi connectivity index (χ4v) is 5.66. The summed E-state index contributed by atoms with van der Waals surface area (Å²) < 4.78 is 1.55. The Morgan fingerprint density at radius 2 is 1.89 bits per heavy atom. The quantitative estimate of drug-likeness (QED) is 0.258. The van der Waals surface area contributed by atoms with Crippen LogP contribution in [0.2, 0.25) is 0 Å². The minimum atomic E-state index is -1.21. The Bertz CT molecular complexity index is 1260. The van der Waals surface area contributed by atoms with Crippen molar-refractivity contribution in [3.63, 3.8) is 0 Å². The zero-order valence-electron chi connectivity index (χ0n) is 21.6. The van der Waals surface area contributed by atoms with Crippen LogP contribution in [0.1, 0.15) is 64.5 Å². The lowest BCUT2D eigenvalue weighted by atomic mass is 10.0. The fourth-order valence-electron chi connectivity index (χ4n) is 4.96. The zero-order valence-corrected chi connectivity index (χ0v) is 22.4. The molecule has 5 rings (SSSR count). The molecule has 37 heavy (non-hydrogen) atoms. The van der Waals surface area contributed by atoms with Crippen LogP contribution in [0.3, 0.4) is 0 Å². The topological polar surface area (TPSA) is 138 Å². The molecule has 0 saturated heterocycles. The number of aromatic nitrogens is 5. The van der Waals surface area contributed by atoms with Crippen molar-refractivity contribution in [2.24, 2.45) is 5.92 Å². The van der Waals surface area contributed by atoms with Crippen LogP contribution in [0.5, 0.6) is 0 Å². The Kier molecular flexibility index (Phi) is 7.12. The second-order valence-electron chi connectivity index (χ2n) is 11.0. The van der Waals surface area contributed by atoms with Crippen molar-refractivity contribution < 1.29 is 15.0 Å². The van der Waals surface area contributed by atoms with E-state index in [9.17, 15) is 15.0 Å². The first kappa shape index (κ1) is 25.9. The van der Waals surface area contributed by atoms with Gasteiger partial charge in [-0.3, -0.25) is 4.79 Å². The number of nitrogens with one attached hydrogen (secondary N) is 2. The molecular weight excluding hydrogens is 490 g/mol. The molecule has 2 unspecified atom stereocenters. The maximum absolute atomic E-state index is 12.8. The van der Waals surface area contributed by atoms with Crippen molar-refractivity contribution in [2.45, 2.75) is 87.9 Å². The highest BCUT2D eigenvalue weighted by molar-refractivity contribution is 7.99. The maximum atomic E-state index is 12.8. The number of aliphatic hydroxyl groups is 2. The number of carbonyl (C=O) groups excluding carboxylic acids is 1. The second kappa shape index (κ2) is 10.2. The average molecular weight is 526 g/mol. The summed E-state index contributed by atoms with van der Waals surface area (Å²) >= 11 is 1.55. The van der Waals surface area contributed by atoms with Gasteiger partial charge >= 0.3 is 0 Å². The number of anilines is 1. The van der Waals surface area contributed by atoms with Crippen molar-refractivity contribution in [3.05, 3.63) is 35.9 Å². The predicted molar refractivity (Wildman–Crippen MR) is 142 cm³/mol. The number of thioether (sulfide) groups is 1. The van der Waals surface area contributed by atoms with E-state index in [1.165, 1.54) is 5.56 Å². The lowest BCUT2D eigenvalue weighted by molar-refractivity contribution is -0.130. The highest BCUT2D eigenvalue weighted by Gasteiger charge is 2.48. The van der Waals surface area contributed by atoms with Crippen LogP contribution in [0.15, 0.2) is 35.5 Å². The van der Waals surface area contributed by atoms with Crippen LogP contribution in [0.25, 0.3) is 11.2 Å². The van der Waals surface area contributed by atoms with Crippen molar-refractivity contribution >= 4 is 34.7 Å². The van der Waals surface area contributed by atoms with E-state index < -0.39 is 29.7 Å². The predicted octanol–water partition coefficient (Wildman–Crippen LogP) is 2.89. The van der Waals surface area contributed by atoms with Gasteiger partial charge in [0.25, 0.3) is 0 Å². The van der Waals surface area contributed by atoms with E-state index in [-0.39, 0.29) is 18.4 Å². The Morgan fingerprint density at radius 1 is 1.14 bits per heavy atom. The first-order valence-electron chi connectivity index (χ1n) is 12.9. The summed E-state index contributed by atoms with van der Waals surface area (Å²) in [5, 5.41) is 37.4. The zero-order chi connectivity index (χ0) is 26.3. The third-order valence-electron chi connectivity index (χ3n) is 6.88. The van der Waals surface area contributed by atoms with E-state index in [0.717, 1.165) is 18.6 Å². The van der Waals surface area contributed by atoms with E-state index >= 15 is 0 Å². The normalized spacial score (nSPS) is 27.4. The molecule has 11 heteroatoms. The van der Waals surface area contributed by atoms with E-state index in [4.69, 9.17) is 9.97 Å². The molecule has 1 amide bonds. The van der Waals surface area contributed by atoms with Crippen LogP contribution < -0.4 is 10.6 Å². The number of fused-ring (bicyclic) bond motifs is 1. The monoisotopic (exact) mass is 525 g/mol. The number of nitrogens with zero attached hydrogens (tertiary/aromatic N) is 5. The third-order valence-corrected chi connectivity index (χ3v) is 7.93. The summed E-state index contributed by atoms with van der Waals surface area (Å²) in [7, 11) is 0. The van der Waals surface area contributed by atoms with Gasteiger partial charge < -0.3 is 20.8 Å². The Hall–Kier alpha value is -2.76. The van der Waals surface area contributed by atoms with Crippen LogP contribution in [0.4, 0.5) is 5.82 Å². The molecule has 0 aliphatic heterocycles. The van der Waals surface area contributed by atoms with Crippen molar-refractivity contribution in [1.29, 1.82) is 0 Å². The SMILES string of the molecule is CCCSc1nc(NC2CC2c2ccccc2)c2nnn([C@H]3C[C@@H](C(=O)NC(C)(C)C)[C@H](O)[C@@H]3O)c2n1. The van der Waals surface area contributed by atoms with E-state index in [1.807, 2.05) is 26.8 Å². The molecule has 2 aliphatic rings. The van der Waals surface area contributed by atoms with Gasteiger partial charge in [-0.1, -0.05) is 54.2 Å². The lowest BCUT2D eigenvalue weighted by Crippen LogP contribution is -2.46. The number of amides is 1. The standard InChI is InChI=1S/C26H35N7O3S/c1-5-11-37-25-28-22(27-17-12-15(17)14-9-7-6-8-10-14)19-23(29-25)33(32-31-19)18-13-16(20(34)21(18)35)24(36)30-26(2,3)4/h6-10,15-18,20-21,34-35H,5,11-13H2,1-4H3,(H,30,36)(H,27,28,29)/t15?,16-,17?,18+,20+,21-/m1/s1. The van der Waals surface area contributed by atoms with Gasteiger partial charge in [-0.2, -0.15) is 0 Å². The number of aliphatic hydroxyl groups excluding tert-OH is 2. The van der Waals surface area contributed by atoms with Crippen molar-refractivity contribution in [2.75, 3.05) is 11.1 Å². The van der Waals surface area contributed by atoms with E-state index in [2.05, 4.69) is 52.1 Å². The highest BCUT2D eigenvalue weighted by atomic mass is 32.2. The lowest BCUT2D eigenvalue weighted by Gasteiger charge is -2.24. The van der Waals surface area contributed by atoms with Gasteiger partial charge in [-0.25, -0.2) is 14.6 Å². The molecule has 2 saturated carbocycles. The first-order chi connectivity index (χ1) is 17.7. The minimum absolute atomic E-state index is 0.228. The maximum Gasteiger partial charge on any atom is 0.226 e. The number of carbonyl (C=O) groups is 1. The van der Waals surface area contributed by atoms with Gasteiger partial charge in [0.2, 0.25) is 5.91 Å². The Morgan fingerprint density at radius 3 is 2.59 bits per heavy atom. The summed E-state index contributed by atoms with van der Waals surface area (Å²) in [6, 6.07) is 9.99. The van der Waals surface area contributed by atoms with E-state index in [1.54, 1.807) is 16.4 Å². The van der Waals surface area contributed by atoms with Crippen LogP contribution in [0, 0.1) is 5.92 Å². The molecule has 2 aliphatic carbocycles. The highest BCUT2D eigenvalue weighted by Crippen LogP contribution is 2.43. The number of benzene rings is 1. The van der Waals surface area contributed by atoms with Crippen molar-refractivity contribution in [3.8, 4) is 0 Å². The van der Waals surface area contributed by atoms with Gasteiger partial charge in [0, 0.05) is 23.3 Å². The van der Waals surface area contributed by atoms with Gasteiger partial charge in [0.15, 0.2) is 22.1 Å². The molecule has 10 nitrogen and oxygen atoms in total. The van der Waals surface area contributed by atoms with E-state index in [0.29, 0.717) is 28.1 Å².